The van der Waals surface area contributed by atoms with E-state index in [9.17, 15) is 18.9 Å². The van der Waals surface area contributed by atoms with E-state index in [-0.39, 0.29) is 36.0 Å². The van der Waals surface area contributed by atoms with Gasteiger partial charge in [0.1, 0.15) is 18.2 Å². The second-order valence-electron chi connectivity index (χ2n) is 7.42. The maximum absolute atomic E-state index is 14.1. The first kappa shape index (κ1) is 18.4. The second kappa shape index (κ2) is 7.21. The molecule has 28 heavy (non-hydrogen) atoms. The fraction of sp³-hybridized carbons (Fsp3) is 0.474. The zero-order valence-corrected chi connectivity index (χ0v) is 15.5. The number of halogens is 1. The minimum Gasteiger partial charge on any atom is -0.285 e. The van der Waals surface area contributed by atoms with Gasteiger partial charge in [-0.25, -0.2) is 9.38 Å². The minimum absolute atomic E-state index is 0.0334. The number of hydrazine groups is 1. The molecular formula is C19H21FN5O3+. The van der Waals surface area contributed by atoms with Crippen LogP contribution in [0.1, 0.15) is 36.8 Å². The predicted octanol–water partition coefficient (Wildman–Crippen LogP) is 1.66. The summed E-state index contributed by atoms with van der Waals surface area (Å²) >= 11 is 0. The Kier molecular flexibility index (Phi) is 4.74. The van der Waals surface area contributed by atoms with Crippen LogP contribution in [0.15, 0.2) is 22.1 Å². The van der Waals surface area contributed by atoms with Gasteiger partial charge in [-0.15, -0.1) is 0 Å². The first-order valence-corrected chi connectivity index (χ1v) is 9.38. The number of aliphatic imine (C=N–C) groups is 2. The molecule has 2 N–H and O–H groups in total. The molecule has 0 radical (unpaired) electrons. The number of aryl methyl sites for hydroxylation is 1. The molecule has 1 aromatic carbocycles. The fourth-order valence-corrected chi connectivity index (χ4v) is 4.06. The summed E-state index contributed by atoms with van der Waals surface area (Å²) in [5, 5.41) is 0. The Bertz CT molecular complexity index is 940. The van der Waals surface area contributed by atoms with Crippen LogP contribution in [-0.4, -0.2) is 40.7 Å². The van der Waals surface area contributed by atoms with Crippen LogP contribution >= 0.6 is 0 Å². The first-order chi connectivity index (χ1) is 13.4. The molecule has 2 atom stereocenters. The highest BCUT2D eigenvalue weighted by Crippen LogP contribution is 2.35. The minimum atomic E-state index is -1.03. The molecule has 1 fully saturated rings. The normalized spacial score (nSPS) is 25.8. The third-order valence-electron chi connectivity index (χ3n) is 5.49. The smallest absolute Gasteiger partial charge is 0.285 e. The van der Waals surface area contributed by atoms with E-state index < -0.39 is 17.8 Å². The molecule has 1 aliphatic carbocycles. The summed E-state index contributed by atoms with van der Waals surface area (Å²) in [6.07, 6.45) is 2.96. The average molecular weight is 386 g/mol. The highest BCUT2D eigenvalue weighted by molar-refractivity contribution is 6.01. The Labute approximate surface area is 160 Å². The lowest BCUT2D eigenvalue weighted by atomic mass is 9.86. The zero-order valence-electron chi connectivity index (χ0n) is 15.5. The number of benzene rings is 1. The van der Waals surface area contributed by atoms with E-state index in [1.54, 1.807) is 13.0 Å². The summed E-state index contributed by atoms with van der Waals surface area (Å²) in [5.41, 5.74) is 7.25. The van der Waals surface area contributed by atoms with Crippen molar-refractivity contribution in [3.63, 3.8) is 0 Å². The highest BCUT2D eigenvalue weighted by Gasteiger charge is 2.46. The Morgan fingerprint density at radius 3 is 2.86 bits per heavy atom. The van der Waals surface area contributed by atoms with E-state index in [1.165, 1.54) is 6.07 Å². The van der Waals surface area contributed by atoms with Gasteiger partial charge < -0.3 is 0 Å². The lowest BCUT2D eigenvalue weighted by Crippen LogP contribution is -2.50. The van der Waals surface area contributed by atoms with Crippen LogP contribution in [-0.2, 0) is 16.0 Å². The van der Waals surface area contributed by atoms with Crippen LogP contribution in [0.2, 0.25) is 0 Å². The van der Waals surface area contributed by atoms with E-state index in [1.807, 2.05) is 0 Å². The summed E-state index contributed by atoms with van der Waals surface area (Å²) in [4.78, 5) is 44.9. The summed E-state index contributed by atoms with van der Waals surface area (Å²) in [6.45, 7) is 1.81. The number of carbonyl (C=O) groups is 2. The summed E-state index contributed by atoms with van der Waals surface area (Å²) in [5.74, 6) is -0.457. The average Bonchev–Trinajstić information content (AvgIpc) is 3.04. The number of nitrogens with zero attached hydrogens (tertiary/aromatic N) is 3. The number of nitroso groups, excluding NO2 is 1. The van der Waals surface area contributed by atoms with Gasteiger partial charge in [-0.05, 0) is 44.7 Å². The number of amides is 2. The second-order valence-corrected chi connectivity index (χ2v) is 7.42. The molecule has 1 aromatic rings. The maximum Gasteiger partial charge on any atom is 0.319 e. The monoisotopic (exact) mass is 386 g/mol. The Hall–Kier alpha value is -2.97. The number of hydrogen-bond donors (Lipinski definition) is 2. The van der Waals surface area contributed by atoms with Crippen LogP contribution in [0.5, 0.6) is 0 Å². The van der Waals surface area contributed by atoms with Gasteiger partial charge in [-0.3, -0.25) is 25.4 Å². The standard InChI is InChI=1S/C19H20FN5O3/c1-10-5-6-14(20)13-8-15(25(28)17(10)13)19(27)22-12-4-2-3-11(7-12)18-21-9-16(26)23-24-18/h5-6,11,15H,2-4,7-9H2,1H3,(H-,21,23,24,26)/p+1/t11-,15?/m1/s1. The molecule has 4 rings (SSSR count). The lowest BCUT2D eigenvalue weighted by Gasteiger charge is -2.27. The molecule has 2 amide bonds. The van der Waals surface area contributed by atoms with Crippen molar-refractivity contribution in [2.45, 2.75) is 45.1 Å². The first-order valence-electron chi connectivity index (χ1n) is 9.38. The van der Waals surface area contributed by atoms with E-state index in [0.717, 1.165) is 12.8 Å². The van der Waals surface area contributed by atoms with Gasteiger partial charge in [0, 0.05) is 22.1 Å². The van der Waals surface area contributed by atoms with Gasteiger partial charge in [-0.2, -0.15) is 0 Å². The summed E-state index contributed by atoms with van der Waals surface area (Å²) < 4.78 is 14.7. The molecule has 0 bridgehead atoms. The molecule has 0 saturated heterocycles. The molecular weight excluding hydrogens is 365 g/mol. The van der Waals surface area contributed by atoms with Crippen molar-refractivity contribution in [2.24, 2.45) is 15.9 Å². The van der Waals surface area contributed by atoms with Gasteiger partial charge in [0.25, 0.3) is 17.6 Å². The van der Waals surface area contributed by atoms with Gasteiger partial charge in [0.2, 0.25) is 0 Å². The number of rotatable bonds is 2. The van der Waals surface area contributed by atoms with Crippen LogP contribution in [0.25, 0.3) is 0 Å². The van der Waals surface area contributed by atoms with Crippen LogP contribution < -0.4 is 10.9 Å². The van der Waals surface area contributed by atoms with Crippen LogP contribution in [0.4, 0.5) is 10.1 Å². The number of fused-ring (bicyclic) bond motifs is 1. The maximum atomic E-state index is 14.1. The number of carbonyl (C=O) groups excluding carboxylic acids is 2. The molecule has 0 spiro atoms. The van der Waals surface area contributed by atoms with Crippen molar-refractivity contribution >= 4 is 29.0 Å². The van der Waals surface area contributed by atoms with Crippen LogP contribution in [0.3, 0.4) is 0 Å². The summed E-state index contributed by atoms with van der Waals surface area (Å²) in [7, 11) is 0. The molecule has 0 aromatic heterocycles. The van der Waals surface area contributed by atoms with E-state index in [2.05, 4.69) is 20.8 Å². The van der Waals surface area contributed by atoms with Gasteiger partial charge >= 0.3 is 5.91 Å². The van der Waals surface area contributed by atoms with Crippen molar-refractivity contribution in [1.29, 1.82) is 0 Å². The zero-order chi connectivity index (χ0) is 19.8. The van der Waals surface area contributed by atoms with Gasteiger partial charge in [0.05, 0.1) is 16.7 Å². The Morgan fingerprint density at radius 2 is 2.14 bits per heavy atom. The third kappa shape index (κ3) is 3.32. The highest BCUT2D eigenvalue weighted by atomic mass is 19.1. The fourth-order valence-electron chi connectivity index (χ4n) is 4.06. The molecule has 1 saturated carbocycles. The van der Waals surface area contributed by atoms with Crippen molar-refractivity contribution in [3.05, 3.63) is 34.0 Å². The topological polar surface area (TPSA) is 103 Å². The SMILES string of the molecule is Cc1ccc(F)c2c1[N+](=O)C(C(=O)N=C1CCC[C@@H](C3=NCC(=O)NN3)C1)C2. The Morgan fingerprint density at radius 1 is 1.32 bits per heavy atom. The molecule has 3 aliphatic rings. The van der Waals surface area contributed by atoms with E-state index >= 15 is 0 Å². The van der Waals surface area contributed by atoms with Crippen molar-refractivity contribution in [2.75, 3.05) is 6.54 Å². The van der Waals surface area contributed by atoms with Gasteiger partial charge in [-0.1, -0.05) is 0 Å². The quantitative estimate of drug-likeness (QED) is 0.755. The number of hydrogen-bond acceptors (Lipinski definition) is 5. The number of amidine groups is 1. The van der Waals surface area contributed by atoms with E-state index in [0.29, 0.717) is 34.7 Å². The molecule has 2 heterocycles. The number of nitrogens with one attached hydrogen (secondary N) is 2. The van der Waals surface area contributed by atoms with Crippen molar-refractivity contribution in [3.8, 4) is 0 Å². The predicted molar refractivity (Wildman–Crippen MR) is 99.9 cm³/mol. The van der Waals surface area contributed by atoms with Crippen molar-refractivity contribution in [1.82, 2.24) is 10.9 Å². The molecule has 9 heteroatoms. The molecule has 2 aliphatic heterocycles. The third-order valence-corrected chi connectivity index (χ3v) is 5.49. The Balaban J connectivity index is 1.49. The summed E-state index contributed by atoms with van der Waals surface area (Å²) in [6, 6.07) is 1.84. The molecule has 146 valence electrons. The molecule has 8 nitrogen and oxygen atoms in total. The van der Waals surface area contributed by atoms with Gasteiger partial charge in [0.15, 0.2) is 0 Å². The lowest BCUT2D eigenvalue weighted by molar-refractivity contribution is -0.480. The van der Waals surface area contributed by atoms with Crippen molar-refractivity contribution < 1.29 is 18.7 Å². The molecule has 1 unspecified atom stereocenters. The van der Waals surface area contributed by atoms with Crippen LogP contribution in [0, 0.1) is 23.6 Å². The van der Waals surface area contributed by atoms with E-state index in [4.69, 9.17) is 0 Å². The largest absolute Gasteiger partial charge is 0.319 e.